The van der Waals surface area contributed by atoms with Crippen molar-refractivity contribution in [1.29, 1.82) is 0 Å². The maximum atomic E-state index is 11.9. The first-order valence-electron chi connectivity index (χ1n) is 6.36. The van der Waals surface area contributed by atoms with Gasteiger partial charge < -0.3 is 10.4 Å². The molecule has 0 aromatic rings. The highest BCUT2D eigenvalue weighted by Crippen LogP contribution is 2.10. The van der Waals surface area contributed by atoms with Crippen molar-refractivity contribution in [3.05, 3.63) is 0 Å². The van der Waals surface area contributed by atoms with Gasteiger partial charge in [0.1, 0.15) is 0 Å². The van der Waals surface area contributed by atoms with Crippen LogP contribution in [-0.2, 0) is 9.59 Å². The highest BCUT2D eigenvalue weighted by atomic mass is 16.4. The van der Waals surface area contributed by atoms with E-state index >= 15 is 0 Å². The van der Waals surface area contributed by atoms with Gasteiger partial charge in [-0.3, -0.25) is 9.59 Å². The van der Waals surface area contributed by atoms with Crippen molar-refractivity contribution in [3.8, 4) is 0 Å². The quantitative estimate of drug-likeness (QED) is 0.609. The molecule has 17 heavy (non-hydrogen) atoms. The third-order valence-corrected chi connectivity index (χ3v) is 2.58. The number of carbonyl (C=O) groups excluding carboxylic acids is 1. The molecular weight excluding hydrogens is 218 g/mol. The number of hydrogen-bond acceptors (Lipinski definition) is 3. The standard InChI is InChI=1S/C13H25NO3/c1-9(2)13(17)11(14-10(3)4)7-5-6-8-12(15)16/h9-11,14H,5-8H2,1-4H3,(H,15,16). The maximum absolute atomic E-state index is 11.9. The topological polar surface area (TPSA) is 66.4 Å². The molecule has 0 fully saturated rings. The molecule has 0 spiro atoms. The molecule has 4 heteroatoms. The molecule has 0 radical (unpaired) electrons. The van der Waals surface area contributed by atoms with Crippen LogP contribution in [0.15, 0.2) is 0 Å². The van der Waals surface area contributed by atoms with Gasteiger partial charge in [0.2, 0.25) is 0 Å². The molecule has 1 unspecified atom stereocenters. The molecule has 0 heterocycles. The zero-order valence-electron chi connectivity index (χ0n) is 11.3. The lowest BCUT2D eigenvalue weighted by atomic mass is 9.96. The van der Waals surface area contributed by atoms with Crippen LogP contribution in [0.4, 0.5) is 0 Å². The summed E-state index contributed by atoms with van der Waals surface area (Å²) in [5.74, 6) is -0.534. The van der Waals surface area contributed by atoms with Gasteiger partial charge in [-0.2, -0.15) is 0 Å². The number of unbranched alkanes of at least 4 members (excludes halogenated alkanes) is 1. The normalized spacial score (nSPS) is 13.1. The number of carbonyl (C=O) groups is 2. The monoisotopic (exact) mass is 243 g/mol. The van der Waals surface area contributed by atoms with E-state index in [-0.39, 0.29) is 30.2 Å². The number of Topliss-reactive ketones (excluding diaryl/α,β-unsaturated/α-hetero) is 1. The highest BCUT2D eigenvalue weighted by molar-refractivity contribution is 5.85. The predicted molar refractivity (Wildman–Crippen MR) is 68.0 cm³/mol. The van der Waals surface area contributed by atoms with Gasteiger partial charge in [-0.05, 0) is 12.8 Å². The molecule has 0 aliphatic heterocycles. The summed E-state index contributed by atoms with van der Waals surface area (Å²) in [4.78, 5) is 22.3. The van der Waals surface area contributed by atoms with Crippen LogP contribution in [0.3, 0.4) is 0 Å². The average molecular weight is 243 g/mol. The lowest BCUT2D eigenvalue weighted by molar-refractivity contribution is -0.137. The second kappa shape index (κ2) is 8.23. The van der Waals surface area contributed by atoms with Gasteiger partial charge in [0, 0.05) is 18.4 Å². The highest BCUT2D eigenvalue weighted by Gasteiger charge is 2.21. The molecule has 0 aliphatic rings. The smallest absolute Gasteiger partial charge is 0.303 e. The fourth-order valence-electron chi connectivity index (χ4n) is 1.74. The summed E-state index contributed by atoms with van der Waals surface area (Å²) in [5, 5.41) is 11.8. The Bertz CT molecular complexity index is 249. The second-order valence-corrected chi connectivity index (χ2v) is 5.07. The molecule has 0 rings (SSSR count). The number of hydrogen-bond donors (Lipinski definition) is 2. The molecule has 0 aromatic heterocycles. The lowest BCUT2D eigenvalue weighted by Crippen LogP contribution is -2.42. The lowest BCUT2D eigenvalue weighted by Gasteiger charge is -2.21. The third-order valence-electron chi connectivity index (χ3n) is 2.58. The molecule has 0 saturated carbocycles. The van der Waals surface area contributed by atoms with Crippen molar-refractivity contribution in [3.63, 3.8) is 0 Å². The van der Waals surface area contributed by atoms with Crippen molar-refractivity contribution >= 4 is 11.8 Å². The van der Waals surface area contributed by atoms with Crippen LogP contribution in [0.5, 0.6) is 0 Å². The van der Waals surface area contributed by atoms with Gasteiger partial charge in [-0.15, -0.1) is 0 Å². The van der Waals surface area contributed by atoms with E-state index in [2.05, 4.69) is 5.32 Å². The first-order chi connectivity index (χ1) is 7.84. The summed E-state index contributed by atoms with van der Waals surface area (Å²) < 4.78 is 0. The number of rotatable bonds is 9. The van der Waals surface area contributed by atoms with Gasteiger partial charge in [0.25, 0.3) is 0 Å². The van der Waals surface area contributed by atoms with Crippen molar-refractivity contribution in [2.75, 3.05) is 0 Å². The largest absolute Gasteiger partial charge is 0.481 e. The zero-order chi connectivity index (χ0) is 13.4. The molecule has 0 saturated heterocycles. The Labute approximate surface area is 104 Å². The van der Waals surface area contributed by atoms with Crippen LogP contribution in [0.2, 0.25) is 0 Å². The van der Waals surface area contributed by atoms with Gasteiger partial charge in [0.05, 0.1) is 6.04 Å². The Morgan fingerprint density at radius 2 is 1.71 bits per heavy atom. The van der Waals surface area contributed by atoms with E-state index < -0.39 is 5.97 Å². The molecule has 1 atom stereocenters. The Balaban J connectivity index is 4.11. The summed E-state index contributed by atoms with van der Waals surface area (Å²) in [6, 6.07) is 0.131. The summed E-state index contributed by atoms with van der Waals surface area (Å²) >= 11 is 0. The Kier molecular flexibility index (Phi) is 7.79. The van der Waals surface area contributed by atoms with E-state index in [0.29, 0.717) is 6.42 Å². The Hall–Kier alpha value is -0.900. The van der Waals surface area contributed by atoms with Gasteiger partial charge in [-0.1, -0.05) is 34.1 Å². The number of nitrogens with one attached hydrogen (secondary N) is 1. The van der Waals surface area contributed by atoms with Crippen molar-refractivity contribution in [2.24, 2.45) is 5.92 Å². The van der Waals surface area contributed by atoms with E-state index in [4.69, 9.17) is 5.11 Å². The first kappa shape index (κ1) is 16.1. The van der Waals surface area contributed by atoms with Crippen LogP contribution in [-0.4, -0.2) is 28.9 Å². The molecule has 4 nitrogen and oxygen atoms in total. The number of carboxylic acid groups (broad SMARTS) is 1. The summed E-state index contributed by atoms with van der Waals surface area (Å²) in [5.41, 5.74) is 0. The number of aliphatic carboxylic acids is 1. The fraction of sp³-hybridized carbons (Fsp3) is 0.846. The first-order valence-corrected chi connectivity index (χ1v) is 6.36. The van der Waals surface area contributed by atoms with Crippen LogP contribution >= 0.6 is 0 Å². The van der Waals surface area contributed by atoms with Crippen molar-refractivity contribution in [1.82, 2.24) is 5.32 Å². The van der Waals surface area contributed by atoms with Crippen LogP contribution in [0.25, 0.3) is 0 Å². The summed E-state index contributed by atoms with van der Waals surface area (Å²) in [7, 11) is 0. The zero-order valence-corrected chi connectivity index (χ0v) is 11.3. The SMILES string of the molecule is CC(C)NC(CCCCC(=O)O)C(=O)C(C)C. The van der Waals surface area contributed by atoms with Crippen LogP contribution in [0.1, 0.15) is 53.4 Å². The minimum absolute atomic E-state index is 0.0192. The Morgan fingerprint density at radius 3 is 2.12 bits per heavy atom. The molecule has 100 valence electrons. The fourth-order valence-corrected chi connectivity index (χ4v) is 1.74. The van der Waals surface area contributed by atoms with Gasteiger partial charge in [0.15, 0.2) is 5.78 Å². The maximum Gasteiger partial charge on any atom is 0.303 e. The Morgan fingerprint density at radius 1 is 1.12 bits per heavy atom. The molecule has 0 bridgehead atoms. The van der Waals surface area contributed by atoms with E-state index in [1.165, 1.54) is 0 Å². The molecule has 0 amide bonds. The van der Waals surface area contributed by atoms with E-state index in [1.807, 2.05) is 27.7 Å². The van der Waals surface area contributed by atoms with Crippen molar-refractivity contribution in [2.45, 2.75) is 65.5 Å². The number of carboxylic acids is 1. The minimum atomic E-state index is -0.770. The second-order valence-electron chi connectivity index (χ2n) is 5.07. The van der Waals surface area contributed by atoms with Gasteiger partial charge >= 0.3 is 5.97 Å². The molecule has 0 aromatic carbocycles. The third kappa shape index (κ3) is 7.91. The minimum Gasteiger partial charge on any atom is -0.481 e. The molecular formula is C13H25NO3. The van der Waals surface area contributed by atoms with Crippen LogP contribution < -0.4 is 5.32 Å². The summed E-state index contributed by atoms with van der Waals surface area (Å²) in [6.07, 6.45) is 2.32. The van der Waals surface area contributed by atoms with Crippen LogP contribution in [0, 0.1) is 5.92 Å². The van der Waals surface area contributed by atoms with E-state index in [1.54, 1.807) is 0 Å². The molecule has 0 aliphatic carbocycles. The van der Waals surface area contributed by atoms with E-state index in [9.17, 15) is 9.59 Å². The van der Waals surface area contributed by atoms with E-state index in [0.717, 1.165) is 12.8 Å². The van der Waals surface area contributed by atoms with Gasteiger partial charge in [-0.25, -0.2) is 0 Å². The summed E-state index contributed by atoms with van der Waals surface area (Å²) in [6.45, 7) is 7.82. The number of ketones is 1. The van der Waals surface area contributed by atoms with Crippen molar-refractivity contribution < 1.29 is 14.7 Å². The predicted octanol–water partition coefficient (Wildman–Crippen LogP) is 2.22. The average Bonchev–Trinajstić information content (AvgIpc) is 2.20. The molecule has 2 N–H and O–H groups in total.